The second-order valence-corrected chi connectivity index (χ2v) is 27.1. The molecule has 558 valence electrons. The summed E-state index contributed by atoms with van der Waals surface area (Å²) >= 11 is 0. The van der Waals surface area contributed by atoms with Crippen LogP contribution in [-0.2, 0) is 33.2 Å². The first kappa shape index (κ1) is 87.4. The Bertz CT molecular complexity index is 2020. The van der Waals surface area contributed by atoms with Crippen LogP contribution in [0.3, 0.4) is 0 Å². The van der Waals surface area contributed by atoms with Crippen LogP contribution in [0.2, 0.25) is 0 Å². The van der Waals surface area contributed by atoms with Gasteiger partial charge in [-0.3, -0.25) is 4.79 Å². The first-order valence-corrected chi connectivity index (χ1v) is 38.2. The number of aliphatic hydroxyl groups excluding tert-OH is 11. The van der Waals surface area contributed by atoms with Crippen LogP contribution in [0.25, 0.3) is 0 Å². The van der Waals surface area contributed by atoms with Crippen LogP contribution in [0.5, 0.6) is 0 Å². The average molecular weight is 1360 g/mol. The van der Waals surface area contributed by atoms with Gasteiger partial charge in [-0.1, -0.05) is 279 Å². The van der Waals surface area contributed by atoms with Crippen molar-refractivity contribution in [3.8, 4) is 0 Å². The average Bonchev–Trinajstić information content (AvgIpc) is 0.798. The molecule has 0 saturated carbocycles. The highest BCUT2D eigenvalue weighted by Gasteiger charge is 2.53. The summed E-state index contributed by atoms with van der Waals surface area (Å²) in [5.74, 6) is -0.274. The van der Waals surface area contributed by atoms with Crippen molar-refractivity contribution in [2.24, 2.45) is 0 Å². The minimum absolute atomic E-state index is 0.243. The zero-order valence-electron chi connectivity index (χ0n) is 59.3. The lowest BCUT2D eigenvalue weighted by Gasteiger charge is -2.48. The number of hydrogen-bond acceptors (Lipinski definition) is 18. The van der Waals surface area contributed by atoms with Crippen LogP contribution in [0.4, 0.5) is 0 Å². The number of rotatable bonds is 59. The number of allylic oxidation sites excluding steroid dienone is 11. The van der Waals surface area contributed by atoms with Crippen molar-refractivity contribution >= 4 is 5.91 Å². The molecular weight excluding hydrogens is 1230 g/mol. The number of carbonyl (C=O) groups excluding carboxylic acids is 1. The normalized spacial score (nSPS) is 27.4. The van der Waals surface area contributed by atoms with Crippen LogP contribution in [-0.4, -0.2) is 193 Å². The van der Waals surface area contributed by atoms with E-state index in [-0.39, 0.29) is 18.9 Å². The molecule has 19 heteroatoms. The summed E-state index contributed by atoms with van der Waals surface area (Å²) in [4.78, 5) is 13.4. The molecule has 1 amide bonds. The minimum Gasteiger partial charge on any atom is -0.394 e. The second kappa shape index (κ2) is 57.8. The van der Waals surface area contributed by atoms with Gasteiger partial charge in [-0.25, -0.2) is 0 Å². The van der Waals surface area contributed by atoms with E-state index >= 15 is 0 Å². The number of hydrogen-bond donors (Lipinski definition) is 12. The molecule has 0 aromatic rings. The maximum atomic E-state index is 13.4. The lowest BCUT2D eigenvalue weighted by molar-refractivity contribution is -0.379. The molecule has 0 aliphatic carbocycles. The lowest BCUT2D eigenvalue weighted by atomic mass is 9.96. The highest BCUT2D eigenvalue weighted by molar-refractivity contribution is 5.76. The van der Waals surface area contributed by atoms with Gasteiger partial charge in [0.25, 0.3) is 0 Å². The summed E-state index contributed by atoms with van der Waals surface area (Å²) in [6.07, 6.45) is 47.5. The molecule has 12 N–H and O–H groups in total. The lowest BCUT2D eigenvalue weighted by Crippen LogP contribution is -2.66. The number of carbonyl (C=O) groups is 1. The molecule has 0 aromatic heterocycles. The van der Waals surface area contributed by atoms with Gasteiger partial charge in [-0.05, 0) is 64.2 Å². The maximum Gasteiger partial charge on any atom is 0.220 e. The van der Waals surface area contributed by atoms with E-state index in [1.54, 1.807) is 6.08 Å². The molecule has 17 atom stereocenters. The van der Waals surface area contributed by atoms with Crippen LogP contribution in [0.15, 0.2) is 72.9 Å². The van der Waals surface area contributed by atoms with Crippen LogP contribution >= 0.6 is 0 Å². The Hall–Kier alpha value is -2.77. The van der Waals surface area contributed by atoms with Crippen LogP contribution in [0, 0.1) is 0 Å². The molecule has 0 spiro atoms. The number of aliphatic hydroxyl groups is 11. The molecule has 0 radical (unpaired) electrons. The number of amides is 1. The zero-order chi connectivity index (χ0) is 69.6. The van der Waals surface area contributed by atoms with E-state index in [2.05, 4.69) is 79.9 Å². The van der Waals surface area contributed by atoms with Gasteiger partial charge in [-0.2, -0.15) is 0 Å². The molecule has 3 heterocycles. The van der Waals surface area contributed by atoms with E-state index in [9.17, 15) is 61.0 Å². The van der Waals surface area contributed by atoms with Crippen LogP contribution in [0.1, 0.15) is 277 Å². The Morgan fingerprint density at radius 1 is 0.385 bits per heavy atom. The first-order valence-electron chi connectivity index (χ1n) is 38.2. The SMILES string of the molecule is CC/C=C\C/C=C\C/C=C\C/C=C\C/C=C\CCCCCCCCCCCCCCCCCCCCCC(=O)NC(COC1OC(CO)C(OC2OC(CO)C(OC3OC(CO)C(O)C(O)C3O)C(O)C2O)C(O)C1O)C(O)/C=C/CCCCCCCCCCCCCCCC. The molecule has 19 nitrogen and oxygen atoms in total. The van der Waals surface area contributed by atoms with Crippen molar-refractivity contribution in [2.75, 3.05) is 26.4 Å². The summed E-state index contributed by atoms with van der Waals surface area (Å²) in [5.41, 5.74) is 0. The molecule has 3 rings (SSSR count). The van der Waals surface area contributed by atoms with Crippen LogP contribution < -0.4 is 5.32 Å². The fourth-order valence-corrected chi connectivity index (χ4v) is 12.6. The van der Waals surface area contributed by atoms with Gasteiger partial charge in [-0.15, -0.1) is 0 Å². The van der Waals surface area contributed by atoms with E-state index in [0.717, 1.165) is 77.0 Å². The van der Waals surface area contributed by atoms with Gasteiger partial charge in [0.05, 0.1) is 38.6 Å². The molecule has 3 aliphatic heterocycles. The smallest absolute Gasteiger partial charge is 0.220 e. The monoisotopic (exact) mass is 1360 g/mol. The molecule has 3 aliphatic rings. The topological polar surface area (TPSA) is 307 Å². The quantitative estimate of drug-likeness (QED) is 0.0199. The second-order valence-electron chi connectivity index (χ2n) is 27.1. The number of unbranched alkanes of at least 4 members (excludes halogenated alkanes) is 33. The molecule has 0 bridgehead atoms. The van der Waals surface area contributed by atoms with Crippen molar-refractivity contribution < 1.29 is 89.4 Å². The summed E-state index contributed by atoms with van der Waals surface area (Å²) in [6.45, 7) is 1.64. The zero-order valence-corrected chi connectivity index (χ0v) is 59.3. The van der Waals surface area contributed by atoms with Crippen molar-refractivity contribution in [2.45, 2.75) is 381 Å². The van der Waals surface area contributed by atoms with E-state index in [4.69, 9.17) is 28.4 Å². The summed E-state index contributed by atoms with van der Waals surface area (Å²) in [7, 11) is 0. The highest BCUT2D eigenvalue weighted by Crippen LogP contribution is 2.33. The standard InChI is InChI=1S/C77H137NO18/c1-3-5-7-9-11-13-15-17-19-21-22-23-24-25-26-27-28-29-30-31-32-33-34-35-36-37-38-39-41-43-45-47-49-51-53-55-65(83)78-60(61(82)54-52-50-48-46-44-42-40-20-18-16-14-12-10-8-6-4-2)59-91-75-71(89)68(86)73(63(57-80)93-75)96-77-72(90)69(87)74(64(58-81)94-77)95-76-70(88)67(85)66(84)62(56-79)92-76/h5,7,11,13,17,19,22-23,25-26,52,54,60-64,66-77,79-82,84-90H,3-4,6,8-10,12,14-16,18,20-21,24,27-51,53,55-59H2,1-2H3,(H,78,83)/b7-5-,13-11-,19-17-,23-22-,26-25-,54-52+. The molecule has 0 aromatic carbocycles. The van der Waals surface area contributed by atoms with E-state index in [1.165, 1.54) is 173 Å². The van der Waals surface area contributed by atoms with Gasteiger partial charge in [0.15, 0.2) is 18.9 Å². The number of nitrogens with one attached hydrogen (secondary N) is 1. The van der Waals surface area contributed by atoms with E-state index in [1.807, 2.05) is 6.08 Å². The summed E-state index contributed by atoms with van der Waals surface area (Å²) in [6, 6.07) is -0.974. The predicted molar refractivity (Wildman–Crippen MR) is 378 cm³/mol. The van der Waals surface area contributed by atoms with Crippen molar-refractivity contribution in [1.82, 2.24) is 5.32 Å². The fraction of sp³-hybridized carbons (Fsp3) is 0.831. The summed E-state index contributed by atoms with van der Waals surface area (Å²) in [5, 5.41) is 121. The van der Waals surface area contributed by atoms with Crippen molar-refractivity contribution in [1.29, 1.82) is 0 Å². The third kappa shape index (κ3) is 38.3. The first-order chi connectivity index (χ1) is 46.8. The minimum atomic E-state index is -1.98. The molecule has 96 heavy (non-hydrogen) atoms. The maximum absolute atomic E-state index is 13.4. The van der Waals surface area contributed by atoms with E-state index < -0.39 is 124 Å². The van der Waals surface area contributed by atoms with Crippen molar-refractivity contribution in [3.05, 3.63) is 72.9 Å². The third-order valence-electron chi connectivity index (χ3n) is 18.8. The third-order valence-corrected chi connectivity index (χ3v) is 18.8. The van der Waals surface area contributed by atoms with E-state index in [0.29, 0.717) is 6.42 Å². The fourth-order valence-electron chi connectivity index (χ4n) is 12.6. The Balaban J connectivity index is 1.34. The molecule has 17 unspecified atom stereocenters. The Kier molecular flexibility index (Phi) is 52.7. The molecule has 3 saturated heterocycles. The van der Waals surface area contributed by atoms with Crippen molar-refractivity contribution in [3.63, 3.8) is 0 Å². The largest absolute Gasteiger partial charge is 0.394 e. The Morgan fingerprint density at radius 3 is 1.12 bits per heavy atom. The predicted octanol–water partition coefficient (Wildman–Crippen LogP) is 11.7. The summed E-state index contributed by atoms with van der Waals surface area (Å²) < 4.78 is 34.4. The van der Waals surface area contributed by atoms with Gasteiger partial charge in [0.2, 0.25) is 5.91 Å². The highest BCUT2D eigenvalue weighted by atomic mass is 16.8. The number of ether oxygens (including phenoxy) is 6. The van der Waals surface area contributed by atoms with Gasteiger partial charge >= 0.3 is 0 Å². The van der Waals surface area contributed by atoms with Gasteiger partial charge < -0.3 is 89.9 Å². The Labute approximate surface area is 578 Å². The molecule has 3 fully saturated rings. The Morgan fingerprint density at radius 2 is 0.719 bits per heavy atom. The van der Waals surface area contributed by atoms with Gasteiger partial charge in [0, 0.05) is 6.42 Å². The molecular formula is C77H137NO18. The van der Waals surface area contributed by atoms with Gasteiger partial charge in [0.1, 0.15) is 73.2 Å².